The van der Waals surface area contributed by atoms with Gasteiger partial charge in [-0.3, -0.25) is 14.2 Å². The van der Waals surface area contributed by atoms with Gasteiger partial charge in [0.05, 0.1) is 23.1 Å². The molecule has 1 aliphatic carbocycles. The molecule has 144 valence electrons. The van der Waals surface area contributed by atoms with Crippen LogP contribution in [0.2, 0.25) is 0 Å². The molecule has 27 heavy (non-hydrogen) atoms. The lowest BCUT2D eigenvalue weighted by atomic mass is 10.0. The molecule has 1 aromatic heterocycles. The summed E-state index contributed by atoms with van der Waals surface area (Å²) in [6.07, 6.45) is 1.18. The van der Waals surface area contributed by atoms with E-state index in [1.54, 1.807) is 0 Å². The van der Waals surface area contributed by atoms with E-state index < -0.39 is 23.2 Å². The molecule has 1 heterocycles. The molecule has 2 aromatic rings. The minimum absolute atomic E-state index is 0.0232. The van der Waals surface area contributed by atoms with E-state index in [-0.39, 0.29) is 18.6 Å². The molecule has 1 amide bonds. The Bertz CT molecular complexity index is 871. The zero-order chi connectivity index (χ0) is 19.4. The number of hydrogen-bond donors (Lipinski definition) is 1. The Kier molecular flexibility index (Phi) is 5.62. The van der Waals surface area contributed by atoms with E-state index in [0.29, 0.717) is 5.92 Å². The molecule has 1 fully saturated rings. The second kappa shape index (κ2) is 7.94. The molecule has 1 saturated carbocycles. The highest BCUT2D eigenvalue weighted by Crippen LogP contribution is 2.32. The fraction of sp³-hybridized carbons (Fsp3) is 0.421. The first-order valence-corrected chi connectivity index (χ1v) is 8.87. The van der Waals surface area contributed by atoms with Crippen molar-refractivity contribution in [2.75, 3.05) is 6.54 Å². The summed E-state index contributed by atoms with van der Waals surface area (Å²) in [6.45, 7) is 0.159. The maximum absolute atomic E-state index is 13.0. The van der Waals surface area contributed by atoms with Crippen LogP contribution in [0.1, 0.15) is 53.2 Å². The average Bonchev–Trinajstić information content (AvgIpc) is 3.17. The normalized spacial score (nSPS) is 15.1. The number of halogens is 3. The van der Waals surface area contributed by atoms with Crippen molar-refractivity contribution in [3.8, 4) is 0 Å². The fourth-order valence-electron chi connectivity index (χ4n) is 3.37. The highest BCUT2D eigenvalue weighted by atomic mass is 19.4. The van der Waals surface area contributed by atoms with Crippen LogP contribution in [0.3, 0.4) is 0 Å². The number of nitrogens with one attached hydrogen (secondary N) is 1. The molecular formula is C19H20F3N3O2. The Morgan fingerprint density at radius 1 is 1.22 bits per heavy atom. The van der Waals surface area contributed by atoms with Crippen LogP contribution in [0, 0.1) is 0 Å². The fourth-order valence-corrected chi connectivity index (χ4v) is 3.37. The van der Waals surface area contributed by atoms with Crippen LogP contribution < -0.4 is 10.9 Å². The van der Waals surface area contributed by atoms with Crippen LogP contribution in [0.15, 0.2) is 41.5 Å². The molecule has 1 aromatic carbocycles. The molecule has 0 atom stereocenters. The van der Waals surface area contributed by atoms with Crippen molar-refractivity contribution in [1.29, 1.82) is 0 Å². The number of hydrogen-bond acceptors (Lipinski definition) is 3. The minimum Gasteiger partial charge on any atom is -0.350 e. The summed E-state index contributed by atoms with van der Waals surface area (Å²) in [5.74, 6) is -0.502. The third kappa shape index (κ3) is 4.56. The van der Waals surface area contributed by atoms with Crippen molar-refractivity contribution in [1.82, 2.24) is 14.9 Å². The summed E-state index contributed by atoms with van der Waals surface area (Å²) in [4.78, 5) is 28.6. The maximum Gasteiger partial charge on any atom is 0.417 e. The summed E-state index contributed by atoms with van der Waals surface area (Å²) >= 11 is 0. The molecule has 0 aliphatic heterocycles. The zero-order valence-electron chi connectivity index (χ0n) is 14.6. The van der Waals surface area contributed by atoms with Gasteiger partial charge in [0, 0.05) is 25.1 Å². The van der Waals surface area contributed by atoms with Gasteiger partial charge in [0.15, 0.2) is 0 Å². The molecule has 5 nitrogen and oxygen atoms in total. The van der Waals surface area contributed by atoms with Gasteiger partial charge in [-0.05, 0) is 25.0 Å². The Morgan fingerprint density at radius 3 is 2.59 bits per heavy atom. The Balaban J connectivity index is 1.62. The number of amides is 1. The molecule has 0 radical (unpaired) electrons. The van der Waals surface area contributed by atoms with E-state index >= 15 is 0 Å². The van der Waals surface area contributed by atoms with Crippen LogP contribution in [0.5, 0.6) is 0 Å². The zero-order valence-corrected chi connectivity index (χ0v) is 14.6. The van der Waals surface area contributed by atoms with Gasteiger partial charge in [-0.2, -0.15) is 13.2 Å². The predicted octanol–water partition coefficient (Wildman–Crippen LogP) is 3.35. The van der Waals surface area contributed by atoms with Gasteiger partial charge >= 0.3 is 6.18 Å². The molecule has 3 rings (SSSR count). The number of aromatic nitrogens is 2. The number of rotatable bonds is 5. The summed E-state index contributed by atoms with van der Waals surface area (Å²) in [5.41, 5.74) is -0.858. The highest BCUT2D eigenvalue weighted by Gasteiger charge is 2.34. The average molecular weight is 379 g/mol. The predicted molar refractivity (Wildman–Crippen MR) is 93.5 cm³/mol. The van der Waals surface area contributed by atoms with E-state index in [9.17, 15) is 22.8 Å². The van der Waals surface area contributed by atoms with Crippen LogP contribution in [-0.2, 0) is 12.7 Å². The lowest BCUT2D eigenvalue weighted by Crippen LogP contribution is -2.32. The Labute approximate surface area is 154 Å². The summed E-state index contributed by atoms with van der Waals surface area (Å²) in [6, 6.07) is 6.11. The monoisotopic (exact) mass is 379 g/mol. The summed E-state index contributed by atoms with van der Waals surface area (Å²) < 4.78 is 40.3. The van der Waals surface area contributed by atoms with E-state index in [1.165, 1.54) is 29.1 Å². The molecule has 0 bridgehead atoms. The van der Waals surface area contributed by atoms with Gasteiger partial charge in [0.25, 0.3) is 11.5 Å². The quantitative estimate of drug-likeness (QED) is 0.867. The van der Waals surface area contributed by atoms with Crippen LogP contribution >= 0.6 is 0 Å². The van der Waals surface area contributed by atoms with Crippen molar-refractivity contribution in [2.24, 2.45) is 0 Å². The smallest absolute Gasteiger partial charge is 0.350 e. The molecule has 1 aliphatic rings. The number of nitrogens with zero attached hydrogens (tertiary/aromatic N) is 2. The van der Waals surface area contributed by atoms with Gasteiger partial charge in [-0.1, -0.05) is 25.0 Å². The van der Waals surface area contributed by atoms with Crippen LogP contribution in [-0.4, -0.2) is 22.0 Å². The number of carbonyl (C=O) groups excluding carboxylic acids is 1. The van der Waals surface area contributed by atoms with E-state index in [2.05, 4.69) is 10.3 Å². The molecule has 0 unspecified atom stereocenters. The SMILES string of the molecule is O=C(NCCn1cnc(C2CCCC2)cc1=O)c1ccccc1C(F)(F)F. The number of carbonyl (C=O) groups is 1. The van der Waals surface area contributed by atoms with Gasteiger partial charge in [0.2, 0.25) is 0 Å². The van der Waals surface area contributed by atoms with E-state index in [0.717, 1.165) is 43.5 Å². The van der Waals surface area contributed by atoms with Crippen molar-refractivity contribution in [3.05, 3.63) is 63.8 Å². The first-order chi connectivity index (χ1) is 12.9. The molecule has 0 saturated heterocycles. The lowest BCUT2D eigenvalue weighted by molar-refractivity contribution is -0.137. The lowest BCUT2D eigenvalue weighted by Gasteiger charge is -2.13. The topological polar surface area (TPSA) is 64.0 Å². The van der Waals surface area contributed by atoms with Gasteiger partial charge in [-0.15, -0.1) is 0 Å². The van der Waals surface area contributed by atoms with Gasteiger partial charge in [0.1, 0.15) is 0 Å². The maximum atomic E-state index is 13.0. The second-order valence-electron chi connectivity index (χ2n) is 6.63. The molecule has 1 N–H and O–H groups in total. The number of alkyl halides is 3. The van der Waals surface area contributed by atoms with Crippen LogP contribution in [0.4, 0.5) is 13.2 Å². The van der Waals surface area contributed by atoms with Gasteiger partial charge < -0.3 is 5.32 Å². The largest absolute Gasteiger partial charge is 0.417 e. The third-order valence-electron chi connectivity index (χ3n) is 4.79. The highest BCUT2D eigenvalue weighted by molar-refractivity contribution is 5.95. The van der Waals surface area contributed by atoms with Gasteiger partial charge in [-0.25, -0.2) is 4.98 Å². The molecular weight excluding hydrogens is 359 g/mol. The summed E-state index contributed by atoms with van der Waals surface area (Å²) in [7, 11) is 0. The minimum atomic E-state index is -4.61. The van der Waals surface area contributed by atoms with Crippen LogP contribution in [0.25, 0.3) is 0 Å². The van der Waals surface area contributed by atoms with Crippen molar-refractivity contribution < 1.29 is 18.0 Å². The molecule has 8 heteroatoms. The Morgan fingerprint density at radius 2 is 1.93 bits per heavy atom. The third-order valence-corrected chi connectivity index (χ3v) is 4.79. The molecule has 0 spiro atoms. The van der Waals surface area contributed by atoms with E-state index in [4.69, 9.17) is 0 Å². The number of benzene rings is 1. The summed E-state index contributed by atoms with van der Waals surface area (Å²) in [5, 5.41) is 2.43. The Hall–Kier alpha value is -2.64. The first-order valence-electron chi connectivity index (χ1n) is 8.87. The van der Waals surface area contributed by atoms with E-state index in [1.807, 2.05) is 0 Å². The van der Waals surface area contributed by atoms with Crippen molar-refractivity contribution >= 4 is 5.91 Å². The standard InChI is InChI=1S/C19H20F3N3O2/c20-19(21,22)15-8-4-3-7-14(15)18(27)23-9-10-25-12-24-16(11-17(25)26)13-5-1-2-6-13/h3-4,7-8,11-13H,1-2,5-6,9-10H2,(H,23,27). The first kappa shape index (κ1) is 19.1. The second-order valence-corrected chi connectivity index (χ2v) is 6.63. The van der Waals surface area contributed by atoms with Crippen molar-refractivity contribution in [3.63, 3.8) is 0 Å². The van der Waals surface area contributed by atoms with Crippen molar-refractivity contribution in [2.45, 2.75) is 44.3 Å².